The first kappa shape index (κ1) is 23.0. The minimum Gasteiger partial charge on any atom is -0.305 e. The second-order valence-corrected chi connectivity index (χ2v) is 9.22. The van der Waals surface area contributed by atoms with Gasteiger partial charge in [-0.2, -0.15) is 18.4 Å². The summed E-state index contributed by atoms with van der Waals surface area (Å²) in [4.78, 5) is 35.4. The molecule has 1 aliphatic heterocycles. The highest BCUT2D eigenvalue weighted by atomic mass is 32.2. The Bertz CT molecular complexity index is 1340. The Kier molecular flexibility index (Phi) is 5.15. The zero-order chi connectivity index (χ0) is 24.3. The van der Waals surface area contributed by atoms with Gasteiger partial charge in [-0.3, -0.25) is 14.5 Å². The summed E-state index contributed by atoms with van der Waals surface area (Å²) in [5.41, 5.74) is -5.78. The van der Waals surface area contributed by atoms with Gasteiger partial charge in [-0.1, -0.05) is 6.07 Å². The van der Waals surface area contributed by atoms with E-state index in [1.165, 1.54) is 18.2 Å². The number of anilines is 2. The van der Waals surface area contributed by atoms with Gasteiger partial charge in [0.05, 0.1) is 17.4 Å². The van der Waals surface area contributed by atoms with Crippen molar-refractivity contribution >= 4 is 45.8 Å². The third-order valence-electron chi connectivity index (χ3n) is 5.43. The maximum Gasteiger partial charge on any atom is 0.419 e. The van der Waals surface area contributed by atoms with Crippen molar-refractivity contribution in [1.29, 1.82) is 5.26 Å². The van der Waals surface area contributed by atoms with Crippen molar-refractivity contribution in [3.05, 3.63) is 41.7 Å². The highest BCUT2D eigenvalue weighted by Gasteiger charge is 2.66. The van der Waals surface area contributed by atoms with E-state index in [0.717, 1.165) is 22.1 Å². The first-order chi connectivity index (χ1) is 15.3. The number of nitriles is 1. The predicted octanol–water partition coefficient (Wildman–Crippen LogP) is 1.18. The van der Waals surface area contributed by atoms with Crippen molar-refractivity contribution in [1.82, 2.24) is 9.97 Å². The number of halogens is 3. The highest BCUT2D eigenvalue weighted by molar-refractivity contribution is 7.89. The number of rotatable bonds is 3. The summed E-state index contributed by atoms with van der Waals surface area (Å²) < 4.78 is 63.7. The fraction of sp³-hybridized carbons (Fsp3) is 0.278. The molecule has 2 N–H and O–H groups in total. The smallest absolute Gasteiger partial charge is 0.305 e. The summed E-state index contributed by atoms with van der Waals surface area (Å²) in [5.74, 6) is -1.54. The molecule has 1 saturated heterocycles. The van der Waals surface area contributed by atoms with E-state index in [4.69, 9.17) is 10.4 Å². The van der Waals surface area contributed by atoms with Gasteiger partial charge in [-0.15, -0.1) is 12.6 Å². The van der Waals surface area contributed by atoms with Crippen molar-refractivity contribution in [3.63, 3.8) is 0 Å². The number of pyridine rings is 2. The van der Waals surface area contributed by atoms with Gasteiger partial charge in [0.1, 0.15) is 11.9 Å². The van der Waals surface area contributed by atoms with Crippen LogP contribution < -0.4 is 14.9 Å². The zero-order valence-electron chi connectivity index (χ0n) is 16.3. The summed E-state index contributed by atoms with van der Waals surface area (Å²) >= 11 is 4.35. The van der Waals surface area contributed by atoms with Crippen LogP contribution in [0.5, 0.6) is 0 Å². The van der Waals surface area contributed by atoms with Gasteiger partial charge in [-0.25, -0.2) is 23.5 Å². The lowest BCUT2D eigenvalue weighted by Crippen LogP contribution is -2.63. The topological polar surface area (TPSA) is 150 Å². The van der Waals surface area contributed by atoms with Gasteiger partial charge in [0.25, 0.3) is 15.9 Å². The molecule has 2 atom stereocenters. The third-order valence-corrected chi connectivity index (χ3v) is 6.70. The molecule has 172 valence electrons. The van der Waals surface area contributed by atoms with Crippen LogP contribution in [-0.4, -0.2) is 41.1 Å². The van der Waals surface area contributed by atoms with Gasteiger partial charge >= 0.3 is 6.18 Å². The van der Waals surface area contributed by atoms with E-state index >= 15 is 0 Å². The van der Waals surface area contributed by atoms with Crippen LogP contribution >= 0.6 is 12.6 Å². The number of hydrogen-bond donors (Lipinski definition) is 2. The number of primary sulfonamides is 1. The molecule has 4 rings (SSSR count). The average molecular weight is 498 g/mol. The minimum absolute atomic E-state index is 0.00927. The van der Waals surface area contributed by atoms with Crippen LogP contribution in [0, 0.1) is 11.3 Å². The molecule has 0 radical (unpaired) electrons. The number of ketones is 1. The number of sulfonamides is 1. The van der Waals surface area contributed by atoms with Crippen LogP contribution in [0.25, 0.3) is 0 Å². The van der Waals surface area contributed by atoms with Gasteiger partial charge in [0.15, 0.2) is 27.5 Å². The molecule has 1 saturated carbocycles. The second kappa shape index (κ2) is 7.40. The number of Topliss-reactive ketones (excluding diaryl/α,β-unsaturated/α-hetero) is 1. The molecule has 1 amide bonds. The SMILES string of the molecule is N#Cc1ncc(N2C(=O)C3(CCC3=O)N(c3cccc(S(N)(=O)=O)n3)C2S)cc1C(F)(F)F. The standard InChI is InChI=1S/C18H13F3N6O4S2/c19-18(20,21)10-6-9(8-24-11(10)7-22)26-15(29)17(5-4-12(17)28)27(16(26)32)13-2-1-3-14(25-13)33(23,30)31/h1-3,6,8,16,32H,4-5H2,(H2,23,30,31). The van der Waals surface area contributed by atoms with Gasteiger partial charge < -0.3 is 4.90 Å². The molecule has 0 bridgehead atoms. The van der Waals surface area contributed by atoms with Crippen molar-refractivity contribution in [2.45, 2.75) is 35.1 Å². The lowest BCUT2D eigenvalue weighted by Gasteiger charge is -2.42. The second-order valence-electron chi connectivity index (χ2n) is 7.25. The number of nitrogens with two attached hydrogens (primary N) is 1. The van der Waals surface area contributed by atoms with E-state index < -0.39 is 55.2 Å². The summed E-state index contributed by atoms with van der Waals surface area (Å²) in [6.45, 7) is 0. The molecule has 33 heavy (non-hydrogen) atoms. The van der Waals surface area contributed by atoms with Crippen molar-refractivity contribution in [3.8, 4) is 6.07 Å². The highest BCUT2D eigenvalue weighted by Crippen LogP contribution is 2.48. The Morgan fingerprint density at radius 2 is 2.00 bits per heavy atom. The van der Waals surface area contributed by atoms with E-state index in [0.29, 0.717) is 6.07 Å². The molecule has 10 nitrogen and oxygen atoms in total. The van der Waals surface area contributed by atoms with Crippen molar-refractivity contribution in [2.24, 2.45) is 5.14 Å². The van der Waals surface area contributed by atoms with E-state index in [1.807, 2.05) is 0 Å². The van der Waals surface area contributed by atoms with Crippen LogP contribution in [0.15, 0.2) is 35.5 Å². The normalized spacial score (nSPS) is 23.1. The Morgan fingerprint density at radius 3 is 2.52 bits per heavy atom. The number of aromatic nitrogens is 2. The summed E-state index contributed by atoms with van der Waals surface area (Å²) in [5, 5.41) is 13.5. The molecule has 15 heteroatoms. The molecule has 1 aliphatic carbocycles. The molecule has 2 aliphatic rings. The Morgan fingerprint density at radius 1 is 1.30 bits per heavy atom. The Hall–Kier alpha value is -3.22. The summed E-state index contributed by atoms with van der Waals surface area (Å²) in [6, 6.07) is 5.63. The van der Waals surface area contributed by atoms with E-state index in [9.17, 15) is 31.2 Å². The molecule has 2 fully saturated rings. The fourth-order valence-corrected chi connectivity index (χ4v) is 4.86. The van der Waals surface area contributed by atoms with Crippen molar-refractivity contribution < 1.29 is 31.2 Å². The van der Waals surface area contributed by atoms with Gasteiger partial charge in [-0.05, 0) is 24.6 Å². The summed E-state index contributed by atoms with van der Waals surface area (Å²) in [6.07, 6.45) is -4.01. The number of nitrogens with zero attached hydrogens (tertiary/aromatic N) is 5. The van der Waals surface area contributed by atoms with E-state index in [-0.39, 0.29) is 24.3 Å². The lowest BCUT2D eigenvalue weighted by molar-refractivity contribution is -0.140. The number of carbonyl (C=O) groups excluding carboxylic acids is 2. The van der Waals surface area contributed by atoms with Crippen LogP contribution in [-0.2, 0) is 25.8 Å². The van der Waals surface area contributed by atoms with Crippen LogP contribution in [0.1, 0.15) is 24.1 Å². The van der Waals surface area contributed by atoms with Crippen molar-refractivity contribution in [2.75, 3.05) is 9.80 Å². The zero-order valence-corrected chi connectivity index (χ0v) is 18.0. The number of amides is 1. The quantitative estimate of drug-likeness (QED) is 0.473. The molecule has 2 unspecified atom stereocenters. The molecule has 0 aromatic carbocycles. The predicted molar refractivity (Wildman–Crippen MR) is 109 cm³/mol. The molecular weight excluding hydrogens is 485 g/mol. The maximum absolute atomic E-state index is 13.4. The molecular formula is C18H13F3N6O4S2. The lowest BCUT2D eigenvalue weighted by atomic mass is 9.74. The Labute approximate surface area is 190 Å². The van der Waals surface area contributed by atoms with Crippen LogP contribution in [0.4, 0.5) is 24.7 Å². The number of hydrogen-bond acceptors (Lipinski definition) is 9. The van der Waals surface area contributed by atoms with E-state index in [2.05, 4.69) is 22.6 Å². The largest absolute Gasteiger partial charge is 0.419 e. The first-order valence-electron chi connectivity index (χ1n) is 9.14. The minimum atomic E-state index is -4.93. The Balaban J connectivity index is 1.87. The van der Waals surface area contributed by atoms with Crippen LogP contribution in [0.2, 0.25) is 0 Å². The summed E-state index contributed by atoms with van der Waals surface area (Å²) in [7, 11) is -4.23. The van der Waals surface area contributed by atoms with Gasteiger partial charge in [0.2, 0.25) is 0 Å². The fourth-order valence-electron chi connectivity index (χ4n) is 3.82. The molecule has 3 heterocycles. The average Bonchev–Trinajstić information content (AvgIpc) is 2.99. The molecule has 2 aromatic heterocycles. The van der Waals surface area contributed by atoms with E-state index in [1.54, 1.807) is 0 Å². The maximum atomic E-state index is 13.4. The molecule has 2 aromatic rings. The monoisotopic (exact) mass is 498 g/mol. The van der Waals surface area contributed by atoms with Gasteiger partial charge in [0, 0.05) is 6.42 Å². The molecule has 1 spiro atoms. The third kappa shape index (κ3) is 3.41. The first-order valence-corrected chi connectivity index (χ1v) is 11.2. The van der Waals surface area contributed by atoms with Crippen LogP contribution in [0.3, 0.4) is 0 Å². The number of carbonyl (C=O) groups is 2. The number of thiol groups is 1. The number of alkyl halides is 3.